The van der Waals surface area contributed by atoms with Gasteiger partial charge in [-0.3, -0.25) is 9.59 Å². The van der Waals surface area contributed by atoms with Crippen molar-refractivity contribution < 1.29 is 9.59 Å². The van der Waals surface area contributed by atoms with Gasteiger partial charge >= 0.3 is 0 Å². The lowest BCUT2D eigenvalue weighted by atomic mass is 9.65. The van der Waals surface area contributed by atoms with Gasteiger partial charge in [-0.1, -0.05) is 121 Å². The van der Waals surface area contributed by atoms with E-state index >= 15 is 0 Å². The van der Waals surface area contributed by atoms with Crippen LogP contribution in [0.3, 0.4) is 0 Å². The van der Waals surface area contributed by atoms with Crippen molar-refractivity contribution in [2.24, 2.45) is 0 Å². The van der Waals surface area contributed by atoms with E-state index in [2.05, 4.69) is 0 Å². The molecule has 0 N–H and O–H groups in total. The van der Waals surface area contributed by atoms with Crippen LogP contribution in [0.25, 0.3) is 0 Å². The Morgan fingerprint density at radius 3 is 1.10 bits per heavy atom. The standard InChI is InChI=1S/C27H20O2/c28-25(21-13-5-1-6-14-21)26(29)27(22-15-7-2-8-16-22,23-17-9-3-10-18-23)24-19-11-4-12-20-24/h1-20H. The van der Waals surface area contributed by atoms with Gasteiger partial charge in [0.05, 0.1) is 0 Å². The molecule has 0 unspecified atom stereocenters. The highest BCUT2D eigenvalue weighted by Gasteiger charge is 2.46. The highest BCUT2D eigenvalue weighted by molar-refractivity contribution is 6.48. The summed E-state index contributed by atoms with van der Waals surface area (Å²) in [7, 11) is 0. The molecule has 4 aromatic carbocycles. The summed E-state index contributed by atoms with van der Waals surface area (Å²) in [4.78, 5) is 27.4. The Kier molecular flexibility index (Phi) is 5.17. The van der Waals surface area contributed by atoms with Gasteiger partial charge in [0.1, 0.15) is 5.41 Å². The molecule has 2 nitrogen and oxygen atoms in total. The zero-order chi connectivity index (χ0) is 20.1. The number of hydrogen-bond donors (Lipinski definition) is 0. The van der Waals surface area contributed by atoms with Crippen LogP contribution in [-0.2, 0) is 10.2 Å². The van der Waals surface area contributed by atoms with Gasteiger partial charge < -0.3 is 0 Å². The zero-order valence-electron chi connectivity index (χ0n) is 15.9. The molecule has 0 aromatic heterocycles. The molecule has 0 bridgehead atoms. The smallest absolute Gasteiger partial charge is 0.230 e. The molecule has 0 amide bonds. The molecule has 0 saturated carbocycles. The minimum atomic E-state index is -1.23. The van der Waals surface area contributed by atoms with Gasteiger partial charge in [-0.2, -0.15) is 0 Å². The summed E-state index contributed by atoms with van der Waals surface area (Å²) in [6.07, 6.45) is 0. The summed E-state index contributed by atoms with van der Waals surface area (Å²) in [5.41, 5.74) is 1.48. The molecule has 4 aromatic rings. The fourth-order valence-corrected chi connectivity index (χ4v) is 3.85. The summed E-state index contributed by atoms with van der Waals surface area (Å²) in [5.74, 6) is -0.963. The predicted octanol–water partition coefficient (Wildman–Crippen LogP) is 5.47. The fraction of sp³-hybridized carbons (Fsp3) is 0.0370. The second-order valence-corrected chi connectivity index (χ2v) is 6.87. The lowest BCUT2D eigenvalue weighted by molar-refractivity contribution is -0.117. The van der Waals surface area contributed by atoms with E-state index in [0.29, 0.717) is 5.56 Å². The second kappa shape index (κ2) is 8.07. The molecule has 2 heteroatoms. The number of carbonyl (C=O) groups is 2. The van der Waals surface area contributed by atoms with Crippen LogP contribution in [0.15, 0.2) is 121 Å². The Hall–Kier alpha value is -3.78. The van der Waals surface area contributed by atoms with Crippen LogP contribution in [0.4, 0.5) is 0 Å². The summed E-state index contributed by atoms with van der Waals surface area (Å²) in [5, 5.41) is 0. The molecule has 29 heavy (non-hydrogen) atoms. The number of hydrogen-bond acceptors (Lipinski definition) is 2. The predicted molar refractivity (Wildman–Crippen MR) is 115 cm³/mol. The molecule has 0 spiro atoms. The summed E-state index contributed by atoms with van der Waals surface area (Å²) in [6, 6.07) is 37.4. The largest absolute Gasteiger partial charge is 0.289 e. The van der Waals surface area contributed by atoms with Crippen molar-refractivity contribution in [2.45, 2.75) is 5.41 Å². The van der Waals surface area contributed by atoms with Crippen LogP contribution in [-0.4, -0.2) is 11.6 Å². The van der Waals surface area contributed by atoms with E-state index in [1.165, 1.54) is 0 Å². The van der Waals surface area contributed by atoms with Crippen LogP contribution in [0.1, 0.15) is 27.0 Å². The molecule has 140 valence electrons. The monoisotopic (exact) mass is 376 g/mol. The average Bonchev–Trinajstić information content (AvgIpc) is 2.82. The lowest BCUT2D eigenvalue weighted by Crippen LogP contribution is -2.42. The molecule has 0 atom stereocenters. The highest BCUT2D eigenvalue weighted by Crippen LogP contribution is 2.40. The molecule has 0 aliphatic carbocycles. The average molecular weight is 376 g/mol. The van der Waals surface area contributed by atoms with Crippen LogP contribution in [0.5, 0.6) is 0 Å². The number of rotatable bonds is 6. The highest BCUT2D eigenvalue weighted by atomic mass is 16.2. The number of Topliss-reactive ketones (excluding diaryl/α,β-unsaturated/α-hetero) is 2. The first-order valence-corrected chi connectivity index (χ1v) is 9.55. The molecule has 0 fully saturated rings. The quantitative estimate of drug-likeness (QED) is 0.254. The number of ketones is 2. The molecule has 0 saturated heterocycles. The third-order valence-corrected chi connectivity index (χ3v) is 5.20. The molecular weight excluding hydrogens is 356 g/mol. The van der Waals surface area contributed by atoms with E-state index in [1.807, 2.05) is 97.1 Å². The second-order valence-electron chi connectivity index (χ2n) is 6.87. The third kappa shape index (κ3) is 3.30. The van der Waals surface area contributed by atoms with Gasteiger partial charge in [0.25, 0.3) is 0 Å². The minimum Gasteiger partial charge on any atom is -0.289 e. The van der Waals surface area contributed by atoms with Crippen molar-refractivity contribution in [1.29, 1.82) is 0 Å². The maximum atomic E-state index is 14.0. The van der Waals surface area contributed by atoms with Crippen molar-refractivity contribution in [1.82, 2.24) is 0 Å². The number of benzene rings is 4. The van der Waals surface area contributed by atoms with E-state index < -0.39 is 17.0 Å². The first kappa shape index (κ1) is 18.6. The number of carbonyl (C=O) groups excluding carboxylic acids is 2. The van der Waals surface area contributed by atoms with Crippen LogP contribution in [0.2, 0.25) is 0 Å². The zero-order valence-corrected chi connectivity index (χ0v) is 15.9. The van der Waals surface area contributed by atoms with Crippen molar-refractivity contribution in [3.8, 4) is 0 Å². The van der Waals surface area contributed by atoms with E-state index in [0.717, 1.165) is 16.7 Å². The van der Waals surface area contributed by atoms with Crippen LogP contribution in [0, 0.1) is 0 Å². The maximum absolute atomic E-state index is 14.0. The van der Waals surface area contributed by atoms with Crippen molar-refractivity contribution in [2.75, 3.05) is 0 Å². The van der Waals surface area contributed by atoms with E-state index in [4.69, 9.17) is 0 Å². The van der Waals surface area contributed by atoms with E-state index in [9.17, 15) is 9.59 Å². The minimum absolute atomic E-state index is 0.393. The van der Waals surface area contributed by atoms with Gasteiger partial charge in [-0.25, -0.2) is 0 Å². The van der Waals surface area contributed by atoms with E-state index in [1.54, 1.807) is 24.3 Å². The Bertz CT molecular complexity index is 1010. The Balaban J connectivity index is 2.03. The van der Waals surface area contributed by atoms with Gasteiger partial charge in [-0.15, -0.1) is 0 Å². The van der Waals surface area contributed by atoms with Gasteiger partial charge in [-0.05, 0) is 16.7 Å². The topological polar surface area (TPSA) is 34.1 Å². The summed E-state index contributed by atoms with van der Waals surface area (Å²) in [6.45, 7) is 0. The maximum Gasteiger partial charge on any atom is 0.230 e. The van der Waals surface area contributed by atoms with Gasteiger partial charge in [0, 0.05) is 5.56 Å². The molecule has 0 heterocycles. The van der Waals surface area contributed by atoms with Crippen LogP contribution < -0.4 is 0 Å². The van der Waals surface area contributed by atoms with Gasteiger partial charge in [0.2, 0.25) is 11.6 Å². The third-order valence-electron chi connectivity index (χ3n) is 5.20. The summed E-state index contributed by atoms with van der Waals surface area (Å²) < 4.78 is 0. The van der Waals surface area contributed by atoms with Crippen molar-refractivity contribution in [3.63, 3.8) is 0 Å². The lowest BCUT2D eigenvalue weighted by Gasteiger charge is -2.33. The van der Waals surface area contributed by atoms with Crippen LogP contribution >= 0.6 is 0 Å². The molecule has 0 aliphatic heterocycles. The fourth-order valence-electron chi connectivity index (χ4n) is 3.85. The molecule has 0 aliphatic rings. The first-order chi connectivity index (χ1) is 14.2. The van der Waals surface area contributed by atoms with Crippen molar-refractivity contribution in [3.05, 3.63) is 144 Å². The van der Waals surface area contributed by atoms with E-state index in [-0.39, 0.29) is 0 Å². The summed E-state index contributed by atoms with van der Waals surface area (Å²) >= 11 is 0. The normalized spacial score (nSPS) is 11.0. The van der Waals surface area contributed by atoms with Gasteiger partial charge in [0.15, 0.2) is 0 Å². The Morgan fingerprint density at radius 2 is 0.759 bits per heavy atom. The SMILES string of the molecule is O=C(C(=O)C(c1ccccc1)(c1ccccc1)c1ccccc1)c1ccccc1. The molecule has 4 rings (SSSR count). The van der Waals surface area contributed by atoms with Crippen molar-refractivity contribution >= 4 is 11.6 Å². The molecular formula is C27H20O2. The Labute approximate surface area is 170 Å². The first-order valence-electron chi connectivity index (χ1n) is 9.55. The molecule has 0 radical (unpaired) electrons. The Morgan fingerprint density at radius 1 is 0.448 bits per heavy atom.